The maximum atomic E-state index is 11.7. The van der Waals surface area contributed by atoms with Crippen molar-refractivity contribution in [2.45, 2.75) is 46.0 Å². The van der Waals surface area contributed by atoms with Crippen LogP contribution in [0.1, 0.15) is 37.7 Å². The van der Waals surface area contributed by atoms with Crippen molar-refractivity contribution in [3.63, 3.8) is 0 Å². The first-order valence-corrected chi connectivity index (χ1v) is 8.65. The first-order chi connectivity index (χ1) is 10.7. The molecule has 1 heterocycles. The van der Waals surface area contributed by atoms with E-state index in [1.165, 1.54) is 0 Å². The molecule has 0 bridgehead atoms. The smallest absolute Gasteiger partial charge is 0.316 e. The highest BCUT2D eigenvalue weighted by molar-refractivity contribution is 8.01. The number of benzene rings is 1. The lowest BCUT2D eigenvalue weighted by atomic mass is 10.2. The number of carbonyl (C=O) groups is 1. The Morgan fingerprint density at radius 2 is 1.87 bits per heavy atom. The second kappa shape index (κ2) is 7.21. The number of rotatable bonds is 5. The van der Waals surface area contributed by atoms with Crippen molar-refractivity contribution in [2.24, 2.45) is 0 Å². The van der Waals surface area contributed by atoms with E-state index in [0.717, 1.165) is 22.6 Å². The van der Waals surface area contributed by atoms with Gasteiger partial charge in [0.15, 0.2) is 0 Å². The summed E-state index contributed by atoms with van der Waals surface area (Å²) in [6.45, 7) is 10.6. The Kier molecular flexibility index (Phi) is 5.52. The van der Waals surface area contributed by atoms with Crippen molar-refractivity contribution in [2.75, 3.05) is 5.75 Å². The molecular formula is C18H24N2O2S. The fourth-order valence-corrected chi connectivity index (χ4v) is 2.74. The molecule has 0 radical (unpaired) electrons. The van der Waals surface area contributed by atoms with Gasteiger partial charge in [0.05, 0.1) is 17.1 Å². The fourth-order valence-electron chi connectivity index (χ4n) is 2.10. The van der Waals surface area contributed by atoms with Gasteiger partial charge in [0.1, 0.15) is 6.61 Å². The van der Waals surface area contributed by atoms with Gasteiger partial charge in [-0.15, -0.1) is 11.8 Å². The number of nitrogens with zero attached hydrogens (tertiary/aromatic N) is 2. The van der Waals surface area contributed by atoms with Crippen LogP contribution in [0.3, 0.4) is 0 Å². The van der Waals surface area contributed by atoms with Crippen LogP contribution in [0.15, 0.2) is 30.3 Å². The summed E-state index contributed by atoms with van der Waals surface area (Å²) in [7, 11) is 0. The minimum Gasteiger partial charge on any atom is -0.460 e. The molecule has 0 fully saturated rings. The Morgan fingerprint density at radius 1 is 1.22 bits per heavy atom. The summed E-state index contributed by atoms with van der Waals surface area (Å²) >= 11 is 1.59. The molecule has 0 unspecified atom stereocenters. The first-order valence-electron chi connectivity index (χ1n) is 7.67. The lowest BCUT2D eigenvalue weighted by Gasteiger charge is -2.16. The van der Waals surface area contributed by atoms with Crippen LogP contribution in [0.2, 0.25) is 0 Å². The highest BCUT2D eigenvalue weighted by Gasteiger charge is 2.14. The van der Waals surface area contributed by atoms with E-state index in [2.05, 4.69) is 25.9 Å². The third-order valence-electron chi connectivity index (χ3n) is 3.21. The maximum absolute atomic E-state index is 11.7. The van der Waals surface area contributed by atoms with Gasteiger partial charge in [-0.25, -0.2) is 4.68 Å². The predicted molar refractivity (Wildman–Crippen MR) is 95.0 cm³/mol. The molecular weight excluding hydrogens is 308 g/mol. The zero-order chi connectivity index (χ0) is 17.0. The Morgan fingerprint density at radius 3 is 2.39 bits per heavy atom. The highest BCUT2D eigenvalue weighted by atomic mass is 32.2. The molecule has 124 valence electrons. The van der Waals surface area contributed by atoms with Gasteiger partial charge in [0.2, 0.25) is 0 Å². The lowest BCUT2D eigenvalue weighted by Crippen LogP contribution is -2.14. The number of carbonyl (C=O) groups excluding carboxylic acids is 1. The van der Waals surface area contributed by atoms with Crippen molar-refractivity contribution >= 4 is 17.7 Å². The average molecular weight is 332 g/mol. The lowest BCUT2D eigenvalue weighted by molar-refractivity contribution is -0.141. The third-order valence-corrected chi connectivity index (χ3v) is 4.46. The van der Waals surface area contributed by atoms with Crippen molar-refractivity contribution in [3.05, 3.63) is 47.3 Å². The van der Waals surface area contributed by atoms with Gasteiger partial charge in [-0.3, -0.25) is 4.79 Å². The molecule has 2 aromatic rings. The molecule has 0 aliphatic rings. The van der Waals surface area contributed by atoms with Gasteiger partial charge >= 0.3 is 5.97 Å². The average Bonchev–Trinajstić information content (AvgIpc) is 2.81. The van der Waals surface area contributed by atoms with Crippen molar-refractivity contribution in [1.29, 1.82) is 0 Å². The van der Waals surface area contributed by atoms with Gasteiger partial charge in [-0.05, 0) is 37.6 Å². The Bertz CT molecular complexity index is 669. The predicted octanol–water partition coefficient (Wildman–Crippen LogP) is 4.06. The minimum absolute atomic E-state index is 0.0699. The first kappa shape index (κ1) is 17.6. The van der Waals surface area contributed by atoms with Gasteiger partial charge in [0, 0.05) is 10.4 Å². The summed E-state index contributed by atoms with van der Waals surface area (Å²) in [5, 5.41) is 4.46. The monoisotopic (exact) mass is 332 g/mol. The van der Waals surface area contributed by atoms with E-state index in [9.17, 15) is 4.79 Å². The number of hydrogen-bond donors (Lipinski definition) is 0. The van der Waals surface area contributed by atoms with Crippen LogP contribution < -0.4 is 0 Å². The normalized spacial score (nSPS) is 11.5. The summed E-state index contributed by atoms with van der Waals surface area (Å²) in [5.41, 5.74) is 4.08. The number of hydrogen-bond acceptors (Lipinski definition) is 4. The fraction of sp³-hybridized carbons (Fsp3) is 0.444. The van der Waals surface area contributed by atoms with Gasteiger partial charge in [-0.2, -0.15) is 5.10 Å². The molecule has 0 aliphatic carbocycles. The van der Waals surface area contributed by atoms with E-state index in [0.29, 0.717) is 12.4 Å². The van der Waals surface area contributed by atoms with E-state index >= 15 is 0 Å². The quantitative estimate of drug-likeness (QED) is 0.774. The van der Waals surface area contributed by atoms with Crippen molar-refractivity contribution in [1.82, 2.24) is 9.78 Å². The molecule has 1 aromatic heterocycles. The van der Waals surface area contributed by atoms with E-state index in [1.54, 1.807) is 11.8 Å². The number of esters is 1. The Balaban J connectivity index is 1.90. The SMILES string of the molecule is Cc1cc(C)n(-c2ccc(COC(=O)CSC(C)(C)C)cc2)n1. The zero-order valence-electron chi connectivity index (χ0n) is 14.4. The van der Waals surface area contributed by atoms with E-state index in [1.807, 2.05) is 48.9 Å². The molecule has 0 spiro atoms. The van der Waals surface area contributed by atoms with Crippen LogP contribution in [0, 0.1) is 13.8 Å². The molecule has 0 saturated heterocycles. The Labute approximate surface area is 142 Å². The largest absolute Gasteiger partial charge is 0.460 e. The van der Waals surface area contributed by atoms with Crippen LogP contribution in [0.25, 0.3) is 5.69 Å². The van der Waals surface area contributed by atoms with Crippen molar-refractivity contribution in [3.8, 4) is 5.69 Å². The standard InChI is InChI=1S/C18H24N2O2S/c1-13-10-14(2)20(19-13)16-8-6-15(7-9-16)11-22-17(21)12-23-18(3,4)5/h6-10H,11-12H2,1-5H3. The topological polar surface area (TPSA) is 44.1 Å². The number of aryl methyl sites for hydroxylation is 2. The molecule has 1 aromatic carbocycles. The zero-order valence-corrected chi connectivity index (χ0v) is 15.2. The molecule has 0 N–H and O–H groups in total. The maximum Gasteiger partial charge on any atom is 0.316 e. The summed E-state index contributed by atoms with van der Waals surface area (Å²) in [6.07, 6.45) is 0. The Hall–Kier alpha value is -1.75. The molecule has 4 nitrogen and oxygen atoms in total. The van der Waals surface area contributed by atoms with Crippen LogP contribution in [0.5, 0.6) is 0 Å². The van der Waals surface area contributed by atoms with Crippen LogP contribution >= 0.6 is 11.8 Å². The molecule has 0 atom stereocenters. The highest BCUT2D eigenvalue weighted by Crippen LogP contribution is 2.23. The van der Waals surface area contributed by atoms with Gasteiger partial charge in [0.25, 0.3) is 0 Å². The van der Waals surface area contributed by atoms with Crippen LogP contribution in [-0.4, -0.2) is 26.2 Å². The summed E-state index contributed by atoms with van der Waals surface area (Å²) in [4.78, 5) is 11.7. The number of ether oxygens (including phenoxy) is 1. The van der Waals surface area contributed by atoms with E-state index in [-0.39, 0.29) is 10.7 Å². The molecule has 5 heteroatoms. The second-order valence-corrected chi connectivity index (χ2v) is 8.37. The van der Waals surface area contributed by atoms with Crippen molar-refractivity contribution < 1.29 is 9.53 Å². The number of aromatic nitrogens is 2. The molecule has 0 saturated carbocycles. The molecule has 23 heavy (non-hydrogen) atoms. The number of thioether (sulfide) groups is 1. The third kappa shape index (κ3) is 5.43. The minimum atomic E-state index is -0.174. The van der Waals surface area contributed by atoms with E-state index in [4.69, 9.17) is 4.74 Å². The molecule has 0 amide bonds. The van der Waals surface area contributed by atoms with Gasteiger partial charge in [-0.1, -0.05) is 32.9 Å². The molecule has 2 rings (SSSR count). The second-order valence-electron chi connectivity index (χ2n) is 6.57. The summed E-state index contributed by atoms with van der Waals surface area (Å²) in [6, 6.07) is 9.97. The summed E-state index contributed by atoms with van der Waals surface area (Å²) in [5.74, 6) is 0.209. The molecule has 0 aliphatic heterocycles. The van der Waals surface area contributed by atoms with Crippen LogP contribution in [0.4, 0.5) is 0 Å². The van der Waals surface area contributed by atoms with E-state index < -0.39 is 0 Å². The summed E-state index contributed by atoms with van der Waals surface area (Å²) < 4.78 is 7.29. The van der Waals surface area contributed by atoms with Crippen LogP contribution in [-0.2, 0) is 16.1 Å². The van der Waals surface area contributed by atoms with Gasteiger partial charge < -0.3 is 4.74 Å².